The molecule has 0 unspecified atom stereocenters. The van der Waals surface area contributed by atoms with Crippen LogP contribution >= 0.6 is 0 Å². The highest BCUT2D eigenvalue weighted by Gasteiger charge is 2.31. The first-order chi connectivity index (χ1) is 5.79. The van der Waals surface area contributed by atoms with Crippen LogP contribution in [0.1, 0.15) is 0 Å². The van der Waals surface area contributed by atoms with Crippen molar-refractivity contribution >= 4 is 12.4 Å². The van der Waals surface area contributed by atoms with Crippen molar-refractivity contribution in [1.29, 1.82) is 0 Å². The van der Waals surface area contributed by atoms with Gasteiger partial charge in [-0.3, -0.25) is 0 Å². The summed E-state index contributed by atoms with van der Waals surface area (Å²) in [6.45, 7) is -1.89. The molecule has 0 aliphatic carbocycles. The van der Waals surface area contributed by atoms with Gasteiger partial charge in [-0.05, 0) is 27.4 Å². The Labute approximate surface area is 71.4 Å². The van der Waals surface area contributed by atoms with E-state index in [9.17, 15) is 0 Å². The van der Waals surface area contributed by atoms with Crippen LogP contribution in [0.4, 0.5) is 0 Å². The summed E-state index contributed by atoms with van der Waals surface area (Å²) in [5.41, 5.74) is 0.544. The molecule has 0 N–H and O–H groups in total. The quantitative estimate of drug-likeness (QED) is 0.613. The van der Waals surface area contributed by atoms with Gasteiger partial charge < -0.3 is 18.4 Å². The van der Waals surface area contributed by atoms with E-state index in [1.807, 2.05) is 0 Å². The molecule has 0 aliphatic heterocycles. The van der Waals surface area contributed by atoms with E-state index in [1.54, 1.807) is 18.4 Å². The van der Waals surface area contributed by atoms with Crippen LogP contribution in [0.5, 0.6) is 0 Å². The molecular formula is C7H12BO4-. The lowest BCUT2D eigenvalue weighted by Crippen LogP contribution is -2.54. The van der Waals surface area contributed by atoms with E-state index in [1.165, 1.54) is 21.3 Å². The average Bonchev–Trinajstić information content (AvgIpc) is 2.62. The van der Waals surface area contributed by atoms with Crippen molar-refractivity contribution < 1.29 is 18.4 Å². The van der Waals surface area contributed by atoms with Crippen molar-refractivity contribution in [2.24, 2.45) is 0 Å². The Morgan fingerprint density at radius 3 is 2.08 bits per heavy atom. The number of hydrogen-bond donors (Lipinski definition) is 0. The molecule has 0 fully saturated rings. The van der Waals surface area contributed by atoms with Gasteiger partial charge in [0.2, 0.25) is 0 Å². The zero-order valence-electron chi connectivity index (χ0n) is 7.44. The second-order valence-electron chi connectivity index (χ2n) is 2.36. The summed E-state index contributed by atoms with van der Waals surface area (Å²) in [4.78, 5) is 0. The van der Waals surface area contributed by atoms with E-state index < -0.39 is 6.75 Å². The molecule has 1 heterocycles. The Hall–Kier alpha value is -0.775. The minimum atomic E-state index is -1.89. The molecule has 0 aromatic carbocycles. The maximum absolute atomic E-state index is 5.12. The minimum Gasteiger partial charge on any atom is -0.541 e. The largest absolute Gasteiger partial charge is 0.541 e. The van der Waals surface area contributed by atoms with Gasteiger partial charge in [-0.1, -0.05) is 6.07 Å². The van der Waals surface area contributed by atoms with Crippen LogP contribution in [0.25, 0.3) is 0 Å². The van der Waals surface area contributed by atoms with Gasteiger partial charge in [-0.25, -0.2) is 0 Å². The van der Waals surface area contributed by atoms with Gasteiger partial charge in [0.05, 0.1) is 6.26 Å². The number of furan rings is 1. The molecule has 0 saturated carbocycles. The van der Waals surface area contributed by atoms with Crippen LogP contribution in [0, 0.1) is 0 Å². The lowest BCUT2D eigenvalue weighted by Gasteiger charge is -2.34. The molecule has 0 spiro atoms. The van der Waals surface area contributed by atoms with Crippen LogP contribution in [-0.2, 0) is 14.0 Å². The Bertz CT molecular complexity index is 209. The Balaban J connectivity index is 2.93. The van der Waals surface area contributed by atoms with Crippen LogP contribution in [0.3, 0.4) is 0 Å². The monoisotopic (exact) mass is 171 g/mol. The molecule has 0 radical (unpaired) electrons. The highest BCUT2D eigenvalue weighted by molar-refractivity contribution is 6.74. The molecule has 1 rings (SSSR count). The minimum absolute atomic E-state index is 0.544. The lowest BCUT2D eigenvalue weighted by atomic mass is 9.75. The summed E-state index contributed by atoms with van der Waals surface area (Å²) in [7, 11) is 4.53. The van der Waals surface area contributed by atoms with Crippen molar-refractivity contribution in [3.05, 3.63) is 18.4 Å². The number of rotatable bonds is 4. The molecule has 0 saturated heterocycles. The van der Waals surface area contributed by atoms with E-state index in [0.29, 0.717) is 5.66 Å². The molecule has 1 aromatic rings. The summed E-state index contributed by atoms with van der Waals surface area (Å²) in [6, 6.07) is 3.50. The number of hydrogen-bond acceptors (Lipinski definition) is 4. The van der Waals surface area contributed by atoms with E-state index in [4.69, 9.17) is 18.4 Å². The van der Waals surface area contributed by atoms with Crippen LogP contribution in [0.2, 0.25) is 0 Å². The summed E-state index contributed by atoms with van der Waals surface area (Å²) in [6.07, 6.45) is 1.54. The Morgan fingerprint density at radius 1 is 1.17 bits per heavy atom. The van der Waals surface area contributed by atoms with Gasteiger partial charge in [0.25, 0.3) is 0 Å². The van der Waals surface area contributed by atoms with Crippen LogP contribution in [0.15, 0.2) is 22.8 Å². The van der Waals surface area contributed by atoms with E-state index >= 15 is 0 Å². The van der Waals surface area contributed by atoms with Crippen molar-refractivity contribution in [2.75, 3.05) is 21.3 Å². The fourth-order valence-corrected chi connectivity index (χ4v) is 1.13. The lowest BCUT2D eigenvalue weighted by molar-refractivity contribution is 0.134. The Kier molecular flexibility index (Phi) is 2.91. The third kappa shape index (κ3) is 1.39. The normalized spacial score (nSPS) is 11.9. The molecule has 0 atom stereocenters. The topological polar surface area (TPSA) is 40.8 Å². The second-order valence-corrected chi connectivity index (χ2v) is 2.36. The summed E-state index contributed by atoms with van der Waals surface area (Å²) in [5, 5.41) is 0. The molecule has 68 valence electrons. The van der Waals surface area contributed by atoms with Crippen molar-refractivity contribution in [3.63, 3.8) is 0 Å². The van der Waals surface area contributed by atoms with Gasteiger partial charge in [-0.2, -0.15) is 0 Å². The third-order valence-corrected chi connectivity index (χ3v) is 1.82. The van der Waals surface area contributed by atoms with Gasteiger partial charge in [0, 0.05) is 5.66 Å². The SMILES string of the molecule is CO[B-](OC)(OC)c1ccco1. The third-order valence-electron chi connectivity index (χ3n) is 1.82. The van der Waals surface area contributed by atoms with Gasteiger partial charge in [-0.15, -0.1) is 0 Å². The molecule has 1 aromatic heterocycles. The summed E-state index contributed by atoms with van der Waals surface area (Å²) in [5.74, 6) is 0. The molecule has 5 heteroatoms. The van der Waals surface area contributed by atoms with Gasteiger partial charge in [0.1, 0.15) is 0 Å². The first kappa shape index (κ1) is 9.31. The van der Waals surface area contributed by atoms with Crippen molar-refractivity contribution in [1.82, 2.24) is 0 Å². The fourth-order valence-electron chi connectivity index (χ4n) is 1.13. The van der Waals surface area contributed by atoms with Gasteiger partial charge in [0.15, 0.2) is 0 Å². The van der Waals surface area contributed by atoms with E-state index in [-0.39, 0.29) is 0 Å². The fraction of sp³-hybridized carbons (Fsp3) is 0.429. The Morgan fingerprint density at radius 2 is 1.75 bits per heavy atom. The average molecular weight is 171 g/mol. The molecule has 0 bridgehead atoms. The van der Waals surface area contributed by atoms with Gasteiger partial charge >= 0.3 is 6.75 Å². The molecule has 4 nitrogen and oxygen atoms in total. The smallest absolute Gasteiger partial charge is 0.443 e. The zero-order chi connectivity index (χ0) is 9.03. The van der Waals surface area contributed by atoms with Crippen LogP contribution in [-0.4, -0.2) is 28.1 Å². The highest BCUT2D eigenvalue weighted by Crippen LogP contribution is 2.06. The molecule has 0 aliphatic rings. The van der Waals surface area contributed by atoms with Crippen molar-refractivity contribution in [2.45, 2.75) is 0 Å². The predicted octanol–water partition coefficient (Wildman–Crippen LogP) is 0.365. The predicted molar refractivity (Wildman–Crippen MR) is 45.1 cm³/mol. The van der Waals surface area contributed by atoms with E-state index in [2.05, 4.69) is 0 Å². The first-order valence-electron chi connectivity index (χ1n) is 3.62. The summed E-state index contributed by atoms with van der Waals surface area (Å²) >= 11 is 0. The molecule has 0 amide bonds. The molecular weight excluding hydrogens is 159 g/mol. The molecule has 12 heavy (non-hydrogen) atoms. The second kappa shape index (κ2) is 3.75. The maximum Gasteiger partial charge on any atom is 0.443 e. The maximum atomic E-state index is 5.12. The first-order valence-corrected chi connectivity index (χ1v) is 3.62. The van der Waals surface area contributed by atoms with Crippen molar-refractivity contribution in [3.8, 4) is 0 Å². The standard InChI is InChI=1S/C7H12BO4/c1-9-8(10-2,11-3)7-5-4-6-12-7/h4-6H,1-3H3/q-1. The highest BCUT2D eigenvalue weighted by atomic mass is 16.7. The zero-order valence-corrected chi connectivity index (χ0v) is 7.44. The van der Waals surface area contributed by atoms with E-state index in [0.717, 1.165) is 0 Å². The summed E-state index contributed by atoms with van der Waals surface area (Å²) < 4.78 is 20.4. The van der Waals surface area contributed by atoms with Crippen LogP contribution < -0.4 is 5.66 Å².